The van der Waals surface area contributed by atoms with E-state index in [1.54, 1.807) is 6.07 Å². The topological polar surface area (TPSA) is 36.0 Å². The van der Waals surface area contributed by atoms with Crippen LogP contribution in [0.4, 0.5) is 0 Å². The maximum atomic E-state index is 9.50. The van der Waals surface area contributed by atoms with Crippen LogP contribution in [0.1, 0.15) is 10.0 Å². The van der Waals surface area contributed by atoms with Crippen molar-refractivity contribution in [2.24, 2.45) is 0 Å². The Bertz CT molecular complexity index is 610. The Labute approximate surface area is 99.3 Å². The molecule has 0 aliphatic heterocycles. The molecule has 16 heavy (non-hydrogen) atoms. The number of aromatic hydroxyl groups is 1. The number of phenolic OH excluding ortho intramolecular Hbond substituents is 1. The van der Waals surface area contributed by atoms with Crippen molar-refractivity contribution in [3.63, 3.8) is 0 Å². The van der Waals surface area contributed by atoms with Crippen LogP contribution < -0.4 is 0 Å². The Morgan fingerprint density at radius 1 is 1.25 bits per heavy atom. The predicted octanol–water partition coefficient (Wildman–Crippen LogP) is 2.52. The first kappa shape index (κ1) is 9.76. The van der Waals surface area contributed by atoms with Crippen molar-refractivity contribution >= 4 is 25.4 Å². The third-order valence-electron chi connectivity index (χ3n) is 2.70. The molecule has 0 atom stereocenters. The number of H-pyrrole nitrogens is 1. The molecular formula is C13H11NOSe. The SMILES string of the molecule is Oc1ccc2[nH]cc(Cc3ccc[se]3)c2c1. The summed E-state index contributed by atoms with van der Waals surface area (Å²) in [5.74, 6) is 0.331. The summed E-state index contributed by atoms with van der Waals surface area (Å²) < 4.78 is 1.48. The normalized spacial score (nSPS) is 11.0. The summed E-state index contributed by atoms with van der Waals surface area (Å²) >= 11 is 0.514. The van der Waals surface area contributed by atoms with E-state index in [0.29, 0.717) is 20.3 Å². The molecule has 0 bridgehead atoms. The maximum absolute atomic E-state index is 9.50. The van der Waals surface area contributed by atoms with Gasteiger partial charge < -0.3 is 0 Å². The zero-order chi connectivity index (χ0) is 11.0. The van der Waals surface area contributed by atoms with E-state index in [-0.39, 0.29) is 0 Å². The van der Waals surface area contributed by atoms with Crippen LogP contribution in [0, 0.1) is 0 Å². The summed E-state index contributed by atoms with van der Waals surface area (Å²) in [4.78, 5) is 5.47. The van der Waals surface area contributed by atoms with Crippen molar-refractivity contribution in [1.82, 2.24) is 4.98 Å². The van der Waals surface area contributed by atoms with Crippen LogP contribution in [0.25, 0.3) is 10.9 Å². The van der Waals surface area contributed by atoms with Gasteiger partial charge in [0.15, 0.2) is 0 Å². The quantitative estimate of drug-likeness (QED) is 0.693. The summed E-state index contributed by atoms with van der Waals surface area (Å²) in [6.07, 6.45) is 3.02. The third-order valence-corrected chi connectivity index (χ3v) is 4.53. The Morgan fingerprint density at radius 2 is 2.19 bits per heavy atom. The van der Waals surface area contributed by atoms with Crippen LogP contribution >= 0.6 is 0 Å². The van der Waals surface area contributed by atoms with Gasteiger partial charge in [0.05, 0.1) is 0 Å². The monoisotopic (exact) mass is 277 g/mol. The molecule has 0 radical (unpaired) electrons. The molecule has 0 saturated heterocycles. The Morgan fingerprint density at radius 3 is 3.00 bits per heavy atom. The number of hydrogen-bond donors (Lipinski definition) is 2. The van der Waals surface area contributed by atoms with Crippen molar-refractivity contribution in [3.05, 3.63) is 51.5 Å². The van der Waals surface area contributed by atoms with Gasteiger partial charge in [-0.2, -0.15) is 0 Å². The molecule has 0 spiro atoms. The number of nitrogens with one attached hydrogen (secondary N) is 1. The van der Waals surface area contributed by atoms with Gasteiger partial charge in [0.2, 0.25) is 0 Å². The second kappa shape index (κ2) is 3.85. The van der Waals surface area contributed by atoms with E-state index in [9.17, 15) is 5.11 Å². The predicted molar refractivity (Wildman–Crippen MR) is 66.2 cm³/mol. The molecule has 3 aromatic rings. The van der Waals surface area contributed by atoms with Gasteiger partial charge >= 0.3 is 99.1 Å². The molecule has 2 aromatic heterocycles. The number of rotatable bonds is 2. The summed E-state index contributed by atoms with van der Waals surface area (Å²) in [6.45, 7) is 0. The van der Waals surface area contributed by atoms with Crippen molar-refractivity contribution in [2.75, 3.05) is 0 Å². The summed E-state index contributed by atoms with van der Waals surface area (Å²) in [6, 6.07) is 9.78. The van der Waals surface area contributed by atoms with Crippen LogP contribution in [0.2, 0.25) is 0 Å². The second-order valence-electron chi connectivity index (χ2n) is 3.80. The first-order valence-corrected chi connectivity index (χ1v) is 6.99. The molecule has 0 fully saturated rings. The molecule has 80 valence electrons. The van der Waals surface area contributed by atoms with E-state index >= 15 is 0 Å². The molecule has 2 heterocycles. The average molecular weight is 276 g/mol. The van der Waals surface area contributed by atoms with Crippen molar-refractivity contribution < 1.29 is 5.11 Å². The van der Waals surface area contributed by atoms with Gasteiger partial charge in [0, 0.05) is 0 Å². The average Bonchev–Trinajstić information content (AvgIpc) is 2.90. The number of fused-ring (bicyclic) bond motifs is 1. The minimum atomic E-state index is 0.331. The second-order valence-corrected chi connectivity index (χ2v) is 5.97. The van der Waals surface area contributed by atoms with E-state index < -0.39 is 0 Å². The van der Waals surface area contributed by atoms with Gasteiger partial charge in [0.25, 0.3) is 0 Å². The van der Waals surface area contributed by atoms with Crippen LogP contribution in [-0.4, -0.2) is 24.6 Å². The van der Waals surface area contributed by atoms with Crippen LogP contribution in [-0.2, 0) is 6.42 Å². The number of benzene rings is 1. The van der Waals surface area contributed by atoms with E-state index in [2.05, 4.69) is 22.1 Å². The van der Waals surface area contributed by atoms with E-state index in [1.807, 2.05) is 18.3 Å². The molecule has 0 unspecified atom stereocenters. The molecule has 0 amide bonds. The van der Waals surface area contributed by atoms with Crippen LogP contribution in [0.5, 0.6) is 5.75 Å². The first-order chi connectivity index (χ1) is 7.83. The molecule has 2 N–H and O–H groups in total. The molecule has 0 aliphatic rings. The third kappa shape index (κ3) is 1.68. The van der Waals surface area contributed by atoms with Gasteiger partial charge in [-0.05, 0) is 0 Å². The van der Waals surface area contributed by atoms with Crippen LogP contribution in [0.15, 0.2) is 41.5 Å². The van der Waals surface area contributed by atoms with Crippen molar-refractivity contribution in [3.8, 4) is 5.75 Å². The molecule has 3 heteroatoms. The van der Waals surface area contributed by atoms with Crippen LogP contribution in [0.3, 0.4) is 0 Å². The van der Waals surface area contributed by atoms with Crippen molar-refractivity contribution in [1.29, 1.82) is 0 Å². The van der Waals surface area contributed by atoms with Gasteiger partial charge in [-0.3, -0.25) is 0 Å². The fourth-order valence-corrected chi connectivity index (χ4v) is 3.44. The molecular weight excluding hydrogens is 265 g/mol. The van der Waals surface area contributed by atoms with Crippen molar-refractivity contribution in [2.45, 2.75) is 6.42 Å². The summed E-state index contributed by atoms with van der Waals surface area (Å²) in [5, 5.41) is 10.6. The molecule has 2 nitrogen and oxygen atoms in total. The summed E-state index contributed by atoms with van der Waals surface area (Å²) in [5.41, 5.74) is 2.36. The zero-order valence-corrected chi connectivity index (χ0v) is 10.3. The fourth-order valence-electron chi connectivity index (χ4n) is 1.91. The van der Waals surface area contributed by atoms with E-state index in [4.69, 9.17) is 0 Å². The minimum absolute atomic E-state index is 0.331. The summed E-state index contributed by atoms with van der Waals surface area (Å²) in [7, 11) is 0. The zero-order valence-electron chi connectivity index (χ0n) is 8.60. The number of phenols is 1. The van der Waals surface area contributed by atoms with Gasteiger partial charge in [-0.15, -0.1) is 0 Å². The number of hydrogen-bond acceptors (Lipinski definition) is 1. The molecule has 3 rings (SSSR count). The molecule has 1 aromatic carbocycles. The Balaban J connectivity index is 2.07. The Hall–Kier alpha value is -1.44. The fraction of sp³-hybridized carbons (Fsp3) is 0.0769. The molecule has 0 saturated carbocycles. The Kier molecular flexibility index (Phi) is 2.35. The first-order valence-electron chi connectivity index (χ1n) is 5.14. The van der Waals surface area contributed by atoms with E-state index in [1.165, 1.54) is 10.0 Å². The van der Waals surface area contributed by atoms with Gasteiger partial charge in [0.1, 0.15) is 0 Å². The molecule has 0 aliphatic carbocycles. The van der Waals surface area contributed by atoms with E-state index in [0.717, 1.165) is 17.3 Å². The van der Waals surface area contributed by atoms with Gasteiger partial charge in [-0.1, -0.05) is 0 Å². The standard InChI is InChI=1S/C13H11NOSe/c15-10-3-4-13-12(7-10)9(8-14-13)6-11-2-1-5-16-11/h1-5,7-8,14-15H,6H2. The number of aromatic nitrogens is 1. The van der Waals surface area contributed by atoms with Gasteiger partial charge in [-0.25, -0.2) is 0 Å². The number of aromatic amines is 1.